The summed E-state index contributed by atoms with van der Waals surface area (Å²) in [7, 11) is 0. The smallest absolute Gasteiger partial charge is 0.233 e. The van der Waals surface area contributed by atoms with Crippen LogP contribution >= 0.6 is 24.2 Å². The first-order valence-corrected chi connectivity index (χ1v) is 10.2. The summed E-state index contributed by atoms with van der Waals surface area (Å²) in [6.45, 7) is 11.0. The van der Waals surface area contributed by atoms with Crippen LogP contribution in [0.25, 0.3) is 0 Å². The first kappa shape index (κ1) is 20.4. The average molecular weight is 384 g/mol. The van der Waals surface area contributed by atoms with Crippen LogP contribution in [0.2, 0.25) is 0 Å². The largest absolute Gasteiger partial charge is 0.369 e. The molecule has 0 radical (unpaired) electrons. The molecule has 140 valence electrons. The van der Waals surface area contributed by atoms with Gasteiger partial charge >= 0.3 is 0 Å². The number of rotatable bonds is 6. The van der Waals surface area contributed by atoms with Crippen molar-refractivity contribution in [1.29, 1.82) is 0 Å². The number of hydrogen-bond acceptors (Lipinski definition) is 4. The molecular weight excluding hydrogens is 354 g/mol. The zero-order valence-corrected chi connectivity index (χ0v) is 17.0. The minimum atomic E-state index is 0. The van der Waals surface area contributed by atoms with Gasteiger partial charge in [0, 0.05) is 38.4 Å². The molecule has 2 heterocycles. The zero-order chi connectivity index (χ0) is 16.9. The average Bonchev–Trinajstić information content (AvgIpc) is 3.00. The molecule has 2 fully saturated rings. The van der Waals surface area contributed by atoms with Gasteiger partial charge in [-0.1, -0.05) is 12.1 Å². The van der Waals surface area contributed by atoms with Crippen LogP contribution in [0.15, 0.2) is 18.2 Å². The maximum atomic E-state index is 11.6. The lowest BCUT2D eigenvalue weighted by atomic mass is 10.1. The van der Waals surface area contributed by atoms with Crippen molar-refractivity contribution in [3.05, 3.63) is 29.3 Å². The van der Waals surface area contributed by atoms with E-state index < -0.39 is 0 Å². The lowest BCUT2D eigenvalue weighted by Gasteiger charge is -2.37. The number of unbranched alkanes of at least 4 members (excludes halogenated alkanes) is 1. The fourth-order valence-electron chi connectivity index (χ4n) is 3.52. The quantitative estimate of drug-likeness (QED) is 0.705. The summed E-state index contributed by atoms with van der Waals surface area (Å²) in [6.07, 6.45) is 2.32. The minimum absolute atomic E-state index is 0. The Morgan fingerprint density at radius 1 is 1.04 bits per heavy atom. The zero-order valence-electron chi connectivity index (χ0n) is 15.4. The van der Waals surface area contributed by atoms with Crippen molar-refractivity contribution in [2.45, 2.75) is 26.7 Å². The van der Waals surface area contributed by atoms with E-state index in [4.69, 9.17) is 0 Å². The standard InChI is InChI=1S/C19H29N3OS.ClH/c1-16-6-5-7-18(17(16)2)21-12-10-20(11-13-21)8-3-4-9-22-15-24-14-19(22)23;/h5-7H,3-4,8-15H2,1-2H3;1H. The van der Waals surface area contributed by atoms with Crippen molar-refractivity contribution in [2.24, 2.45) is 0 Å². The minimum Gasteiger partial charge on any atom is -0.369 e. The van der Waals surface area contributed by atoms with Crippen LogP contribution in [-0.4, -0.2) is 66.6 Å². The number of aryl methyl sites for hydroxylation is 1. The van der Waals surface area contributed by atoms with E-state index in [0.29, 0.717) is 11.7 Å². The van der Waals surface area contributed by atoms with Crippen molar-refractivity contribution in [3.8, 4) is 0 Å². The summed E-state index contributed by atoms with van der Waals surface area (Å²) in [5.74, 6) is 1.90. The number of thioether (sulfide) groups is 1. The molecule has 25 heavy (non-hydrogen) atoms. The molecule has 1 aromatic carbocycles. The summed E-state index contributed by atoms with van der Waals surface area (Å²) in [4.78, 5) is 18.7. The predicted molar refractivity (Wildman–Crippen MR) is 110 cm³/mol. The summed E-state index contributed by atoms with van der Waals surface area (Å²) in [5, 5.41) is 0. The van der Waals surface area contributed by atoms with Crippen LogP contribution in [0, 0.1) is 13.8 Å². The number of benzene rings is 1. The van der Waals surface area contributed by atoms with Gasteiger partial charge in [0.05, 0.1) is 11.6 Å². The fraction of sp³-hybridized carbons (Fsp3) is 0.632. The Morgan fingerprint density at radius 3 is 2.44 bits per heavy atom. The topological polar surface area (TPSA) is 26.8 Å². The second-order valence-electron chi connectivity index (χ2n) is 6.89. The number of carbonyl (C=O) groups excluding carboxylic acids is 1. The van der Waals surface area contributed by atoms with Gasteiger partial charge in [0.15, 0.2) is 0 Å². The molecule has 1 aromatic rings. The van der Waals surface area contributed by atoms with Gasteiger partial charge in [-0.15, -0.1) is 24.2 Å². The number of anilines is 1. The van der Waals surface area contributed by atoms with Gasteiger partial charge in [0.1, 0.15) is 0 Å². The number of hydrogen-bond donors (Lipinski definition) is 0. The molecular formula is C19H30ClN3OS. The first-order chi connectivity index (χ1) is 11.6. The number of amides is 1. The van der Waals surface area contributed by atoms with E-state index in [-0.39, 0.29) is 12.4 Å². The molecule has 0 spiro atoms. The Kier molecular flexibility index (Phi) is 7.91. The van der Waals surface area contributed by atoms with Crippen LogP contribution in [-0.2, 0) is 4.79 Å². The number of nitrogens with zero attached hydrogens (tertiary/aromatic N) is 3. The van der Waals surface area contributed by atoms with Gasteiger partial charge < -0.3 is 9.80 Å². The molecule has 0 unspecified atom stereocenters. The van der Waals surface area contributed by atoms with Gasteiger partial charge in [-0.3, -0.25) is 9.69 Å². The molecule has 1 amide bonds. The van der Waals surface area contributed by atoms with Crippen LogP contribution in [0.4, 0.5) is 5.69 Å². The maximum absolute atomic E-state index is 11.6. The Balaban J connectivity index is 0.00000225. The van der Waals surface area contributed by atoms with Gasteiger partial charge in [-0.2, -0.15) is 0 Å². The Labute approximate surface area is 162 Å². The van der Waals surface area contributed by atoms with Crippen LogP contribution in [0.1, 0.15) is 24.0 Å². The van der Waals surface area contributed by atoms with E-state index in [9.17, 15) is 4.79 Å². The Hall–Kier alpha value is -0.910. The number of halogens is 1. The van der Waals surface area contributed by atoms with E-state index in [2.05, 4.69) is 41.8 Å². The summed E-state index contributed by atoms with van der Waals surface area (Å²) in [6, 6.07) is 6.61. The highest BCUT2D eigenvalue weighted by atomic mass is 35.5. The second kappa shape index (κ2) is 9.70. The van der Waals surface area contributed by atoms with Gasteiger partial charge in [0.25, 0.3) is 0 Å². The molecule has 0 aliphatic carbocycles. The molecule has 4 nitrogen and oxygen atoms in total. The molecule has 0 N–H and O–H groups in total. The van der Waals surface area contributed by atoms with E-state index in [1.54, 1.807) is 11.8 Å². The molecule has 6 heteroatoms. The van der Waals surface area contributed by atoms with Crippen molar-refractivity contribution in [1.82, 2.24) is 9.80 Å². The highest BCUT2D eigenvalue weighted by molar-refractivity contribution is 8.00. The van der Waals surface area contributed by atoms with Gasteiger partial charge in [-0.25, -0.2) is 0 Å². The van der Waals surface area contributed by atoms with Gasteiger partial charge in [0.2, 0.25) is 5.91 Å². The van der Waals surface area contributed by atoms with Crippen molar-refractivity contribution in [2.75, 3.05) is 55.8 Å². The van der Waals surface area contributed by atoms with Crippen molar-refractivity contribution < 1.29 is 4.79 Å². The number of carbonyl (C=O) groups is 1. The third kappa shape index (κ3) is 5.28. The van der Waals surface area contributed by atoms with Crippen molar-refractivity contribution in [3.63, 3.8) is 0 Å². The van der Waals surface area contributed by atoms with E-state index in [1.807, 2.05) is 4.90 Å². The van der Waals surface area contributed by atoms with Crippen LogP contribution < -0.4 is 4.90 Å². The lowest BCUT2D eigenvalue weighted by Crippen LogP contribution is -2.47. The highest BCUT2D eigenvalue weighted by Gasteiger charge is 2.21. The summed E-state index contributed by atoms with van der Waals surface area (Å²) in [5.41, 5.74) is 4.20. The third-order valence-electron chi connectivity index (χ3n) is 5.27. The SMILES string of the molecule is Cc1cccc(N2CCN(CCCCN3CSCC3=O)CC2)c1C.Cl. The van der Waals surface area contributed by atoms with Crippen LogP contribution in [0.5, 0.6) is 0 Å². The first-order valence-electron chi connectivity index (χ1n) is 9.04. The van der Waals surface area contributed by atoms with E-state index in [1.165, 1.54) is 23.2 Å². The van der Waals surface area contributed by atoms with Crippen LogP contribution in [0.3, 0.4) is 0 Å². The van der Waals surface area contributed by atoms with Gasteiger partial charge in [-0.05, 0) is 50.4 Å². The maximum Gasteiger partial charge on any atom is 0.233 e. The molecule has 0 aromatic heterocycles. The Morgan fingerprint density at radius 2 is 1.76 bits per heavy atom. The monoisotopic (exact) mass is 383 g/mol. The van der Waals surface area contributed by atoms with E-state index >= 15 is 0 Å². The molecule has 2 aliphatic heterocycles. The fourth-order valence-corrected chi connectivity index (χ4v) is 4.47. The molecule has 2 saturated heterocycles. The van der Waals surface area contributed by atoms with E-state index in [0.717, 1.165) is 51.6 Å². The molecule has 0 atom stereocenters. The summed E-state index contributed by atoms with van der Waals surface area (Å²) >= 11 is 1.74. The number of piperazine rings is 1. The predicted octanol–water partition coefficient (Wildman–Crippen LogP) is 3.16. The third-order valence-corrected chi connectivity index (χ3v) is 6.21. The molecule has 2 aliphatic rings. The molecule has 3 rings (SSSR count). The van der Waals surface area contributed by atoms with Crippen molar-refractivity contribution >= 4 is 35.8 Å². The Bertz CT molecular complexity index is 576. The highest BCUT2D eigenvalue weighted by Crippen LogP contribution is 2.24. The molecule has 0 bridgehead atoms. The normalized spacial score (nSPS) is 18.6. The lowest BCUT2D eigenvalue weighted by molar-refractivity contribution is -0.126. The molecule has 0 saturated carbocycles. The summed E-state index contributed by atoms with van der Waals surface area (Å²) < 4.78 is 0. The second-order valence-corrected chi connectivity index (χ2v) is 7.84.